The van der Waals surface area contributed by atoms with Gasteiger partial charge in [-0.2, -0.15) is 11.3 Å². The Balaban J connectivity index is 1.76. The van der Waals surface area contributed by atoms with Gasteiger partial charge in [0, 0.05) is 6.08 Å². The summed E-state index contributed by atoms with van der Waals surface area (Å²) in [5, 5.41) is 4.36. The van der Waals surface area contributed by atoms with Crippen LogP contribution in [0.3, 0.4) is 0 Å². The first kappa shape index (κ1) is 15.2. The molecule has 116 valence electrons. The van der Waals surface area contributed by atoms with Crippen LogP contribution in [0.4, 0.5) is 0 Å². The summed E-state index contributed by atoms with van der Waals surface area (Å²) in [6, 6.07) is 8.93. The number of carbonyl (C=O) groups excluding carboxylic acids is 1. The van der Waals surface area contributed by atoms with Gasteiger partial charge < -0.3 is 9.72 Å². The molecule has 0 bridgehead atoms. The van der Waals surface area contributed by atoms with E-state index in [-0.39, 0.29) is 5.56 Å². The molecular formula is C17H14N2O3S. The standard InChI is InChI=1S/C17H14N2O3S/c1-11(22-15(20)7-6-12-8-9-23-10-12)16-18-14-5-3-2-4-13(14)17(21)19-16/h2-11H,1H3,(H,18,19,21)/b7-6+/t11-/m0/s1. The molecule has 0 aliphatic heterocycles. The van der Waals surface area contributed by atoms with Gasteiger partial charge in [0.2, 0.25) is 0 Å². The van der Waals surface area contributed by atoms with E-state index >= 15 is 0 Å². The molecule has 5 nitrogen and oxygen atoms in total. The van der Waals surface area contributed by atoms with E-state index in [1.807, 2.05) is 16.8 Å². The number of fused-ring (bicyclic) bond motifs is 1. The molecule has 1 N–H and O–H groups in total. The SMILES string of the molecule is C[C@H](OC(=O)/C=C/c1ccsc1)c1nc2ccccc2c(=O)[nH]1. The summed E-state index contributed by atoms with van der Waals surface area (Å²) >= 11 is 1.55. The lowest BCUT2D eigenvalue weighted by Gasteiger charge is -2.11. The van der Waals surface area contributed by atoms with Crippen molar-refractivity contribution >= 4 is 34.3 Å². The maximum absolute atomic E-state index is 12.0. The van der Waals surface area contributed by atoms with Crippen molar-refractivity contribution in [2.75, 3.05) is 0 Å². The van der Waals surface area contributed by atoms with Crippen LogP contribution < -0.4 is 5.56 Å². The maximum atomic E-state index is 12.0. The average Bonchev–Trinajstić information content (AvgIpc) is 3.06. The number of aromatic amines is 1. The minimum atomic E-state index is -0.646. The van der Waals surface area contributed by atoms with Gasteiger partial charge in [0.1, 0.15) is 0 Å². The minimum absolute atomic E-state index is 0.248. The van der Waals surface area contributed by atoms with Gasteiger partial charge in [-0.3, -0.25) is 4.79 Å². The second kappa shape index (κ2) is 6.58. The molecule has 2 heterocycles. The monoisotopic (exact) mass is 326 g/mol. The molecule has 6 heteroatoms. The molecule has 0 spiro atoms. The molecule has 2 aromatic heterocycles. The van der Waals surface area contributed by atoms with Gasteiger partial charge in [-0.15, -0.1) is 0 Å². The molecule has 3 rings (SSSR count). The predicted octanol–water partition coefficient (Wildman–Crippen LogP) is 3.30. The number of para-hydroxylation sites is 1. The molecule has 23 heavy (non-hydrogen) atoms. The molecule has 0 radical (unpaired) electrons. The number of nitrogens with one attached hydrogen (secondary N) is 1. The van der Waals surface area contributed by atoms with Gasteiger partial charge in [0.25, 0.3) is 5.56 Å². The van der Waals surface area contributed by atoms with Crippen LogP contribution in [-0.4, -0.2) is 15.9 Å². The Morgan fingerprint density at radius 1 is 1.35 bits per heavy atom. The van der Waals surface area contributed by atoms with Crippen molar-refractivity contribution in [2.24, 2.45) is 0 Å². The second-order valence-electron chi connectivity index (χ2n) is 4.94. The summed E-state index contributed by atoms with van der Waals surface area (Å²) in [5.41, 5.74) is 1.27. The maximum Gasteiger partial charge on any atom is 0.331 e. The highest BCUT2D eigenvalue weighted by Gasteiger charge is 2.14. The number of H-pyrrole nitrogens is 1. The molecule has 0 aliphatic carbocycles. The molecule has 1 atom stereocenters. The Morgan fingerprint density at radius 3 is 2.96 bits per heavy atom. The summed E-state index contributed by atoms with van der Waals surface area (Å²) in [4.78, 5) is 30.9. The lowest BCUT2D eigenvalue weighted by molar-refractivity contribution is -0.142. The van der Waals surface area contributed by atoms with Gasteiger partial charge in [0.05, 0.1) is 10.9 Å². The van der Waals surface area contributed by atoms with E-state index in [0.29, 0.717) is 16.7 Å². The minimum Gasteiger partial charge on any atom is -0.451 e. The third-order valence-electron chi connectivity index (χ3n) is 3.26. The quantitative estimate of drug-likeness (QED) is 0.590. The molecule has 0 saturated carbocycles. The van der Waals surface area contributed by atoms with E-state index < -0.39 is 12.1 Å². The third kappa shape index (κ3) is 3.54. The topological polar surface area (TPSA) is 72.0 Å². The number of aromatic nitrogens is 2. The number of ether oxygens (including phenoxy) is 1. The van der Waals surface area contributed by atoms with Crippen molar-refractivity contribution in [1.29, 1.82) is 0 Å². The molecule has 0 amide bonds. The van der Waals surface area contributed by atoms with Crippen LogP contribution in [0.1, 0.15) is 24.4 Å². The number of hydrogen-bond acceptors (Lipinski definition) is 5. The van der Waals surface area contributed by atoms with Crippen LogP contribution in [0, 0.1) is 0 Å². The van der Waals surface area contributed by atoms with Crippen LogP contribution in [-0.2, 0) is 9.53 Å². The zero-order valence-corrected chi connectivity index (χ0v) is 13.2. The van der Waals surface area contributed by atoms with Crippen molar-refractivity contribution < 1.29 is 9.53 Å². The van der Waals surface area contributed by atoms with Crippen LogP contribution in [0.5, 0.6) is 0 Å². The first-order valence-corrected chi connectivity index (χ1v) is 7.97. The first-order chi connectivity index (χ1) is 11.1. The van der Waals surface area contributed by atoms with Crippen LogP contribution in [0.15, 0.2) is 52.0 Å². The third-order valence-corrected chi connectivity index (χ3v) is 3.97. The van der Waals surface area contributed by atoms with E-state index in [1.54, 1.807) is 48.6 Å². The number of rotatable bonds is 4. The van der Waals surface area contributed by atoms with Crippen molar-refractivity contribution in [3.05, 3.63) is 68.9 Å². The molecular weight excluding hydrogens is 312 g/mol. The largest absolute Gasteiger partial charge is 0.451 e. The summed E-state index contributed by atoms with van der Waals surface area (Å²) in [5.74, 6) is -0.162. The highest BCUT2D eigenvalue weighted by Crippen LogP contribution is 2.15. The Kier molecular flexibility index (Phi) is 4.34. The fraction of sp³-hybridized carbons (Fsp3) is 0.118. The van der Waals surface area contributed by atoms with Gasteiger partial charge in [-0.1, -0.05) is 12.1 Å². The van der Waals surface area contributed by atoms with E-state index in [0.717, 1.165) is 5.56 Å². The second-order valence-corrected chi connectivity index (χ2v) is 5.72. The van der Waals surface area contributed by atoms with E-state index in [4.69, 9.17) is 4.74 Å². The Hall–Kier alpha value is -2.73. The first-order valence-electron chi connectivity index (χ1n) is 7.03. The zero-order chi connectivity index (χ0) is 16.2. The van der Waals surface area contributed by atoms with Gasteiger partial charge >= 0.3 is 5.97 Å². The normalized spacial score (nSPS) is 12.6. The lowest BCUT2D eigenvalue weighted by Crippen LogP contribution is -2.16. The fourth-order valence-corrected chi connectivity index (χ4v) is 2.73. The molecule has 0 saturated heterocycles. The Morgan fingerprint density at radius 2 is 2.17 bits per heavy atom. The van der Waals surface area contributed by atoms with Crippen LogP contribution >= 0.6 is 11.3 Å². The average molecular weight is 326 g/mol. The number of thiophene rings is 1. The fourth-order valence-electron chi connectivity index (χ4n) is 2.10. The van der Waals surface area contributed by atoms with E-state index in [2.05, 4.69) is 9.97 Å². The zero-order valence-electron chi connectivity index (χ0n) is 12.4. The summed E-state index contributed by atoms with van der Waals surface area (Å²) in [6.07, 6.45) is 2.40. The number of esters is 1. The van der Waals surface area contributed by atoms with Gasteiger partial charge in [0.15, 0.2) is 11.9 Å². The Labute approximate surface area is 136 Å². The molecule has 0 fully saturated rings. The number of hydrogen-bond donors (Lipinski definition) is 1. The van der Waals surface area contributed by atoms with Crippen molar-refractivity contribution in [1.82, 2.24) is 9.97 Å². The van der Waals surface area contributed by atoms with Crippen molar-refractivity contribution in [2.45, 2.75) is 13.0 Å². The molecule has 3 aromatic rings. The van der Waals surface area contributed by atoms with Crippen LogP contribution in [0.25, 0.3) is 17.0 Å². The molecule has 0 unspecified atom stereocenters. The number of nitrogens with zero attached hydrogens (tertiary/aromatic N) is 1. The smallest absolute Gasteiger partial charge is 0.331 e. The van der Waals surface area contributed by atoms with Crippen molar-refractivity contribution in [3.8, 4) is 0 Å². The highest BCUT2D eigenvalue weighted by molar-refractivity contribution is 7.08. The molecule has 1 aromatic carbocycles. The van der Waals surface area contributed by atoms with E-state index in [9.17, 15) is 9.59 Å². The van der Waals surface area contributed by atoms with Crippen molar-refractivity contribution in [3.63, 3.8) is 0 Å². The number of carbonyl (C=O) groups is 1. The lowest BCUT2D eigenvalue weighted by atomic mass is 10.2. The van der Waals surface area contributed by atoms with E-state index in [1.165, 1.54) is 6.08 Å². The van der Waals surface area contributed by atoms with Crippen LogP contribution in [0.2, 0.25) is 0 Å². The van der Waals surface area contributed by atoms with Gasteiger partial charge in [-0.05, 0) is 47.5 Å². The molecule has 0 aliphatic rings. The highest BCUT2D eigenvalue weighted by atomic mass is 32.1. The summed E-state index contributed by atoms with van der Waals surface area (Å²) < 4.78 is 5.28. The number of benzene rings is 1. The predicted molar refractivity (Wildman–Crippen MR) is 90.2 cm³/mol. The summed E-state index contributed by atoms with van der Waals surface area (Å²) in [7, 11) is 0. The van der Waals surface area contributed by atoms with Gasteiger partial charge in [-0.25, -0.2) is 9.78 Å². The summed E-state index contributed by atoms with van der Waals surface area (Å²) in [6.45, 7) is 1.67. The Bertz CT molecular complexity index is 913.